The smallest absolute Gasteiger partial charge is 0.271 e. The molecule has 0 aliphatic carbocycles. The molecule has 1 heterocycles. The van der Waals surface area contributed by atoms with Crippen molar-refractivity contribution in [1.82, 2.24) is 4.31 Å². The van der Waals surface area contributed by atoms with Crippen LogP contribution < -0.4 is 14.8 Å². The first-order valence-corrected chi connectivity index (χ1v) is 11.0. The first kappa shape index (κ1) is 22.8. The van der Waals surface area contributed by atoms with E-state index in [2.05, 4.69) is 5.32 Å². The van der Waals surface area contributed by atoms with Crippen molar-refractivity contribution >= 4 is 38.9 Å². The van der Waals surface area contributed by atoms with Gasteiger partial charge in [-0.25, -0.2) is 8.42 Å². The number of ether oxygens (including phenoxy) is 2. The van der Waals surface area contributed by atoms with Crippen molar-refractivity contribution in [2.75, 3.05) is 26.1 Å². The highest BCUT2D eigenvalue weighted by molar-refractivity contribution is 7.89. The first-order valence-electron chi connectivity index (χ1n) is 9.17. The summed E-state index contributed by atoms with van der Waals surface area (Å²) in [5, 5.41) is 13.4. The molecule has 1 fully saturated rings. The summed E-state index contributed by atoms with van der Waals surface area (Å²) in [5.74, 6) is 0.0590. The van der Waals surface area contributed by atoms with E-state index < -0.39 is 26.9 Å². The van der Waals surface area contributed by atoms with Crippen LogP contribution in [0.1, 0.15) is 12.8 Å². The van der Waals surface area contributed by atoms with E-state index in [-0.39, 0.29) is 33.6 Å². The molecular weight excluding hydrogens is 450 g/mol. The van der Waals surface area contributed by atoms with E-state index in [1.54, 1.807) is 0 Å². The predicted octanol–water partition coefficient (Wildman–Crippen LogP) is 3.06. The van der Waals surface area contributed by atoms with Gasteiger partial charge in [-0.1, -0.05) is 11.6 Å². The zero-order chi connectivity index (χ0) is 22.8. The molecule has 0 spiro atoms. The molecule has 1 amide bonds. The molecule has 1 unspecified atom stereocenters. The van der Waals surface area contributed by atoms with E-state index in [1.165, 1.54) is 44.6 Å². The summed E-state index contributed by atoms with van der Waals surface area (Å²) >= 11 is 6.03. The minimum atomic E-state index is -4.00. The Kier molecular flexibility index (Phi) is 6.68. The lowest BCUT2D eigenvalue weighted by Crippen LogP contribution is -2.43. The molecule has 1 aliphatic rings. The highest BCUT2D eigenvalue weighted by Crippen LogP contribution is 2.34. The van der Waals surface area contributed by atoms with Crippen molar-refractivity contribution in [1.29, 1.82) is 0 Å². The van der Waals surface area contributed by atoms with Crippen LogP contribution in [0.5, 0.6) is 11.5 Å². The fourth-order valence-electron chi connectivity index (χ4n) is 3.34. The third-order valence-corrected chi connectivity index (χ3v) is 7.11. The van der Waals surface area contributed by atoms with E-state index in [0.717, 1.165) is 10.4 Å². The Morgan fingerprint density at radius 2 is 1.90 bits per heavy atom. The van der Waals surface area contributed by atoms with Gasteiger partial charge in [-0.15, -0.1) is 0 Å². The minimum Gasteiger partial charge on any atom is -0.493 e. The number of carbonyl (C=O) groups excluding carboxylic acids is 1. The van der Waals surface area contributed by atoms with Gasteiger partial charge in [0.1, 0.15) is 6.04 Å². The van der Waals surface area contributed by atoms with E-state index in [1.807, 2.05) is 0 Å². The monoisotopic (exact) mass is 469 g/mol. The molecular formula is C19H20ClN3O7S. The molecule has 1 saturated heterocycles. The normalized spacial score (nSPS) is 16.7. The minimum absolute atomic E-state index is 0.0187. The SMILES string of the molecule is COc1ccc(S(=O)(=O)N2CCCC2C(=O)Nc2ccc([N+](=O)[O-])cc2Cl)cc1OC. The van der Waals surface area contributed by atoms with Crippen LogP contribution in [0.15, 0.2) is 41.3 Å². The number of halogens is 1. The second kappa shape index (κ2) is 9.08. The second-order valence-electron chi connectivity index (χ2n) is 6.70. The number of amides is 1. The number of sulfonamides is 1. The lowest BCUT2D eigenvalue weighted by Gasteiger charge is -2.24. The van der Waals surface area contributed by atoms with E-state index in [4.69, 9.17) is 21.1 Å². The summed E-state index contributed by atoms with van der Waals surface area (Å²) in [4.78, 5) is 23.0. The summed E-state index contributed by atoms with van der Waals surface area (Å²) in [6.07, 6.45) is 0.821. The number of nitro groups is 1. The molecule has 166 valence electrons. The lowest BCUT2D eigenvalue weighted by molar-refractivity contribution is -0.384. The maximum Gasteiger partial charge on any atom is 0.271 e. The van der Waals surface area contributed by atoms with Crippen LogP contribution in [0, 0.1) is 10.1 Å². The maximum atomic E-state index is 13.2. The van der Waals surface area contributed by atoms with Crippen LogP contribution in [-0.4, -0.2) is 50.4 Å². The third kappa shape index (κ3) is 4.58. The standard InChI is InChI=1S/C19H20ClN3O7S/c1-29-17-8-6-13(11-18(17)30-2)31(27,28)22-9-3-4-16(22)19(24)21-15-7-5-12(23(25)26)10-14(15)20/h5-8,10-11,16H,3-4,9H2,1-2H3,(H,21,24). The molecule has 2 aromatic rings. The molecule has 3 rings (SSSR count). The molecule has 0 bridgehead atoms. The predicted molar refractivity (Wildman–Crippen MR) is 113 cm³/mol. The van der Waals surface area contributed by atoms with E-state index >= 15 is 0 Å². The zero-order valence-corrected chi connectivity index (χ0v) is 18.3. The number of hydrogen-bond acceptors (Lipinski definition) is 7. The summed E-state index contributed by atoms with van der Waals surface area (Å²) in [5.41, 5.74) is -0.0610. The number of hydrogen-bond donors (Lipinski definition) is 1. The van der Waals surface area contributed by atoms with Crippen molar-refractivity contribution in [2.45, 2.75) is 23.8 Å². The molecule has 1 N–H and O–H groups in total. The number of rotatable bonds is 7. The molecule has 12 heteroatoms. The Labute approximate surface area is 183 Å². The summed E-state index contributed by atoms with van der Waals surface area (Å²) in [6.45, 7) is 0.169. The topological polar surface area (TPSA) is 128 Å². The molecule has 0 aromatic heterocycles. The second-order valence-corrected chi connectivity index (χ2v) is 9.00. The molecule has 10 nitrogen and oxygen atoms in total. The van der Waals surface area contributed by atoms with Crippen LogP contribution >= 0.6 is 11.6 Å². The van der Waals surface area contributed by atoms with Gasteiger partial charge in [-0.3, -0.25) is 14.9 Å². The Hall–Kier alpha value is -2.89. The van der Waals surface area contributed by atoms with E-state index in [9.17, 15) is 23.3 Å². The average molecular weight is 470 g/mol. The number of nitrogens with one attached hydrogen (secondary N) is 1. The van der Waals surface area contributed by atoms with E-state index in [0.29, 0.717) is 18.6 Å². The van der Waals surface area contributed by atoms with Gasteiger partial charge in [0, 0.05) is 24.7 Å². The zero-order valence-electron chi connectivity index (χ0n) is 16.7. The summed E-state index contributed by atoms with van der Waals surface area (Å²) in [7, 11) is -1.16. The summed E-state index contributed by atoms with van der Waals surface area (Å²) < 4.78 is 37.9. The third-order valence-electron chi connectivity index (χ3n) is 4.89. The fraction of sp³-hybridized carbons (Fsp3) is 0.316. The molecule has 31 heavy (non-hydrogen) atoms. The number of carbonyl (C=O) groups is 1. The van der Waals surface area contributed by atoms with Gasteiger partial charge in [-0.2, -0.15) is 4.31 Å². The number of methoxy groups -OCH3 is 2. The van der Waals surface area contributed by atoms with Gasteiger partial charge in [0.15, 0.2) is 11.5 Å². The first-order chi connectivity index (χ1) is 14.7. The van der Waals surface area contributed by atoms with Gasteiger partial charge in [-0.05, 0) is 31.0 Å². The Bertz CT molecular complexity index is 1120. The highest BCUT2D eigenvalue weighted by Gasteiger charge is 2.40. The molecule has 0 saturated carbocycles. The van der Waals surface area contributed by atoms with Crippen LogP contribution in [0.2, 0.25) is 5.02 Å². The van der Waals surface area contributed by atoms with Gasteiger partial charge in [0.25, 0.3) is 5.69 Å². The molecule has 1 atom stereocenters. The van der Waals surface area contributed by atoms with Crippen LogP contribution in [0.4, 0.5) is 11.4 Å². The number of anilines is 1. The van der Waals surface area contributed by atoms with Gasteiger partial charge >= 0.3 is 0 Å². The Morgan fingerprint density at radius 3 is 2.52 bits per heavy atom. The number of nitro benzene ring substituents is 1. The quantitative estimate of drug-likeness (QED) is 0.487. The van der Waals surface area contributed by atoms with Gasteiger partial charge in [0.05, 0.1) is 34.7 Å². The van der Waals surface area contributed by atoms with Gasteiger partial charge < -0.3 is 14.8 Å². The molecule has 0 radical (unpaired) electrons. The Morgan fingerprint density at radius 1 is 1.19 bits per heavy atom. The lowest BCUT2D eigenvalue weighted by atomic mass is 10.2. The highest BCUT2D eigenvalue weighted by atomic mass is 35.5. The van der Waals surface area contributed by atoms with Crippen LogP contribution in [0.25, 0.3) is 0 Å². The molecule has 1 aliphatic heterocycles. The fourth-order valence-corrected chi connectivity index (χ4v) is 5.23. The van der Waals surface area contributed by atoms with Crippen molar-refractivity contribution in [2.24, 2.45) is 0 Å². The van der Waals surface area contributed by atoms with Crippen molar-refractivity contribution in [3.8, 4) is 11.5 Å². The number of nitrogens with zero attached hydrogens (tertiary/aromatic N) is 2. The van der Waals surface area contributed by atoms with Crippen molar-refractivity contribution < 1.29 is 27.6 Å². The number of non-ortho nitro benzene ring substituents is 1. The molecule has 2 aromatic carbocycles. The van der Waals surface area contributed by atoms with Crippen LogP contribution in [0.3, 0.4) is 0 Å². The average Bonchev–Trinajstić information content (AvgIpc) is 3.25. The van der Waals surface area contributed by atoms with Gasteiger partial charge in [0.2, 0.25) is 15.9 Å². The van der Waals surface area contributed by atoms with Crippen LogP contribution in [-0.2, 0) is 14.8 Å². The van der Waals surface area contributed by atoms with Crippen molar-refractivity contribution in [3.63, 3.8) is 0 Å². The Balaban J connectivity index is 1.85. The largest absolute Gasteiger partial charge is 0.493 e. The summed E-state index contributed by atoms with van der Waals surface area (Å²) in [6, 6.07) is 6.88. The maximum absolute atomic E-state index is 13.2. The number of benzene rings is 2. The van der Waals surface area contributed by atoms with Crippen molar-refractivity contribution in [3.05, 3.63) is 51.5 Å².